The Balaban J connectivity index is 1.42. The van der Waals surface area contributed by atoms with Crippen LogP contribution in [0, 0.1) is 5.82 Å². The smallest absolute Gasteiger partial charge is 0.252 e. The first-order valence-corrected chi connectivity index (χ1v) is 13.6. The molecule has 5 aromatic rings. The van der Waals surface area contributed by atoms with Crippen LogP contribution in [0.1, 0.15) is 27.0 Å². The molecule has 1 aromatic heterocycles. The van der Waals surface area contributed by atoms with Crippen molar-refractivity contribution in [2.24, 2.45) is 0 Å². The van der Waals surface area contributed by atoms with Crippen LogP contribution in [0.2, 0.25) is 0 Å². The zero-order valence-corrected chi connectivity index (χ0v) is 23.0. The number of ether oxygens (including phenoxy) is 2. The average molecular weight is 551 g/mol. The lowest BCUT2D eigenvalue weighted by Crippen LogP contribution is -2.39. The van der Waals surface area contributed by atoms with Gasteiger partial charge in [-0.25, -0.2) is 4.39 Å². The van der Waals surface area contributed by atoms with Crippen molar-refractivity contribution in [3.8, 4) is 33.8 Å². The maximum Gasteiger partial charge on any atom is 0.252 e. The highest BCUT2D eigenvalue weighted by molar-refractivity contribution is 6.03. The Bertz CT molecular complexity index is 1760. The van der Waals surface area contributed by atoms with Crippen molar-refractivity contribution < 1.29 is 23.8 Å². The number of aryl methyl sites for hydroxylation is 2. The fourth-order valence-corrected chi connectivity index (χ4v) is 5.83. The molecule has 0 fully saturated rings. The number of H-pyrrole nitrogens is 1. The molecule has 41 heavy (non-hydrogen) atoms. The summed E-state index contributed by atoms with van der Waals surface area (Å²) in [5.41, 5.74) is 7.18. The third kappa shape index (κ3) is 4.93. The van der Waals surface area contributed by atoms with Crippen molar-refractivity contribution in [2.45, 2.75) is 25.3 Å². The van der Waals surface area contributed by atoms with E-state index in [2.05, 4.69) is 10.3 Å². The number of carbonyl (C=O) groups is 1. The van der Waals surface area contributed by atoms with Crippen LogP contribution < -0.4 is 14.8 Å². The van der Waals surface area contributed by atoms with Gasteiger partial charge in [0.2, 0.25) is 0 Å². The Hall–Kier alpha value is -4.62. The van der Waals surface area contributed by atoms with Crippen LogP contribution >= 0.6 is 0 Å². The fraction of sp³-hybridized carbons (Fsp3) is 0.206. The fourth-order valence-electron chi connectivity index (χ4n) is 5.83. The van der Waals surface area contributed by atoms with Crippen molar-refractivity contribution in [3.63, 3.8) is 0 Å². The van der Waals surface area contributed by atoms with Gasteiger partial charge < -0.3 is 24.9 Å². The van der Waals surface area contributed by atoms with Crippen molar-refractivity contribution in [1.82, 2.24) is 10.3 Å². The molecule has 1 aliphatic carbocycles. The Morgan fingerprint density at radius 1 is 0.902 bits per heavy atom. The third-order valence-corrected chi connectivity index (χ3v) is 7.91. The van der Waals surface area contributed by atoms with Crippen LogP contribution in [-0.2, 0) is 19.3 Å². The number of rotatable bonds is 8. The van der Waals surface area contributed by atoms with E-state index in [1.54, 1.807) is 32.4 Å². The number of para-hydroxylation sites is 1. The summed E-state index contributed by atoms with van der Waals surface area (Å²) >= 11 is 0. The van der Waals surface area contributed by atoms with Gasteiger partial charge in [-0.05, 0) is 89.0 Å². The second kappa shape index (κ2) is 11.1. The summed E-state index contributed by atoms with van der Waals surface area (Å²) in [4.78, 5) is 17.2. The van der Waals surface area contributed by atoms with Crippen molar-refractivity contribution >= 4 is 16.8 Å². The van der Waals surface area contributed by atoms with Crippen molar-refractivity contribution in [3.05, 3.63) is 107 Å². The first kappa shape index (κ1) is 26.6. The summed E-state index contributed by atoms with van der Waals surface area (Å²) in [5, 5.41) is 14.3. The van der Waals surface area contributed by atoms with Crippen molar-refractivity contribution in [2.75, 3.05) is 20.8 Å². The zero-order chi connectivity index (χ0) is 28.5. The highest BCUT2D eigenvalue weighted by atomic mass is 19.1. The van der Waals surface area contributed by atoms with Crippen LogP contribution in [0.5, 0.6) is 11.5 Å². The van der Waals surface area contributed by atoms with E-state index < -0.39 is 11.9 Å². The standard InChI is InChI=1S/C34H31FN2O4/c1-40-32-15-21-12-11-20-14-28(25-8-3-5-9-30(25)35)29(16-26(20)27(21)17-33(32)41-2)34(39)37-23(19-38)13-22-18-36-31-10-6-4-7-24(22)31/h3-10,14-18,23,36,38H,11-13,19H2,1-2H3,(H,37,39)/t23-/m1/s1. The summed E-state index contributed by atoms with van der Waals surface area (Å²) in [7, 11) is 3.20. The largest absolute Gasteiger partial charge is 0.493 e. The molecule has 4 aromatic carbocycles. The number of aromatic nitrogens is 1. The van der Waals surface area contributed by atoms with Gasteiger partial charge in [0, 0.05) is 28.2 Å². The van der Waals surface area contributed by atoms with Gasteiger partial charge in [-0.2, -0.15) is 0 Å². The number of halogens is 1. The average Bonchev–Trinajstić information content (AvgIpc) is 3.42. The molecule has 6 nitrogen and oxygen atoms in total. The molecular weight excluding hydrogens is 519 g/mol. The van der Waals surface area contributed by atoms with E-state index in [4.69, 9.17) is 9.47 Å². The molecule has 1 amide bonds. The van der Waals surface area contributed by atoms with Crippen LogP contribution in [-0.4, -0.2) is 42.9 Å². The summed E-state index contributed by atoms with van der Waals surface area (Å²) in [6.45, 7) is -0.245. The number of aromatic amines is 1. The number of benzene rings is 4. The number of methoxy groups -OCH3 is 2. The summed E-state index contributed by atoms with van der Waals surface area (Å²) in [5.74, 6) is 0.472. The number of fused-ring (bicyclic) bond motifs is 4. The van der Waals surface area contributed by atoms with E-state index in [-0.39, 0.29) is 12.5 Å². The first-order valence-electron chi connectivity index (χ1n) is 13.6. The second-order valence-corrected chi connectivity index (χ2v) is 10.3. The number of nitrogens with one attached hydrogen (secondary N) is 2. The molecule has 0 aliphatic heterocycles. The summed E-state index contributed by atoms with van der Waals surface area (Å²) < 4.78 is 26.2. The molecule has 1 atom stereocenters. The highest BCUT2D eigenvalue weighted by Crippen LogP contribution is 2.43. The molecule has 208 valence electrons. The molecular formula is C34H31FN2O4. The molecule has 0 unspecified atom stereocenters. The van der Waals surface area contributed by atoms with E-state index in [0.717, 1.165) is 51.6 Å². The zero-order valence-electron chi connectivity index (χ0n) is 23.0. The van der Waals surface area contributed by atoms with Gasteiger partial charge >= 0.3 is 0 Å². The quantitative estimate of drug-likeness (QED) is 0.218. The number of aliphatic hydroxyl groups is 1. The lowest BCUT2D eigenvalue weighted by molar-refractivity contribution is 0.0917. The summed E-state index contributed by atoms with van der Waals surface area (Å²) in [6, 6.07) is 21.5. The monoisotopic (exact) mass is 550 g/mol. The minimum Gasteiger partial charge on any atom is -0.493 e. The lowest BCUT2D eigenvalue weighted by atomic mass is 9.82. The normalized spacial score (nSPS) is 12.9. The predicted octanol–water partition coefficient (Wildman–Crippen LogP) is 6.09. The molecule has 3 N–H and O–H groups in total. The van der Waals surface area contributed by atoms with Crippen molar-refractivity contribution in [1.29, 1.82) is 0 Å². The number of amides is 1. The molecule has 7 heteroatoms. The van der Waals surface area contributed by atoms with Gasteiger partial charge in [-0.1, -0.05) is 36.4 Å². The molecule has 0 bridgehead atoms. The van der Waals surface area contributed by atoms with Crippen LogP contribution in [0.3, 0.4) is 0 Å². The van der Waals surface area contributed by atoms with Gasteiger partial charge in [0.25, 0.3) is 5.91 Å². The summed E-state index contributed by atoms with van der Waals surface area (Å²) in [6.07, 6.45) is 3.86. The Kier molecular flexibility index (Phi) is 7.20. The SMILES string of the molecule is COc1cc2c(cc1OC)-c1cc(C(=O)N[C@@H](CO)Cc3c[nH]c4ccccc34)c(-c3ccccc3F)cc1CC2. The molecule has 0 saturated carbocycles. The van der Waals surface area contributed by atoms with Gasteiger partial charge in [0.1, 0.15) is 5.82 Å². The van der Waals surface area contributed by atoms with E-state index in [1.165, 1.54) is 6.07 Å². The number of carbonyl (C=O) groups excluding carboxylic acids is 1. The van der Waals surface area contributed by atoms with Gasteiger partial charge in [-0.3, -0.25) is 4.79 Å². The maximum absolute atomic E-state index is 15.1. The highest BCUT2D eigenvalue weighted by Gasteiger charge is 2.26. The number of hydrogen-bond donors (Lipinski definition) is 3. The minimum absolute atomic E-state index is 0.245. The van der Waals surface area contributed by atoms with Gasteiger partial charge in [0.05, 0.1) is 26.9 Å². The van der Waals surface area contributed by atoms with E-state index in [1.807, 2.05) is 54.7 Å². The molecule has 1 aliphatic rings. The number of hydrogen-bond acceptors (Lipinski definition) is 4. The predicted molar refractivity (Wildman–Crippen MR) is 158 cm³/mol. The van der Waals surface area contributed by atoms with Crippen LogP contribution in [0.15, 0.2) is 79.0 Å². The molecule has 1 heterocycles. The van der Waals surface area contributed by atoms with E-state index >= 15 is 4.39 Å². The van der Waals surface area contributed by atoms with E-state index in [9.17, 15) is 9.90 Å². The number of aliphatic hydroxyl groups excluding tert-OH is 1. The third-order valence-electron chi connectivity index (χ3n) is 7.91. The molecule has 6 rings (SSSR count). The van der Waals surface area contributed by atoms with E-state index in [0.29, 0.717) is 34.6 Å². The topological polar surface area (TPSA) is 83.6 Å². The molecule has 0 spiro atoms. The first-order chi connectivity index (χ1) is 20.0. The lowest BCUT2D eigenvalue weighted by Gasteiger charge is -2.25. The van der Waals surface area contributed by atoms with Crippen LogP contribution in [0.4, 0.5) is 4.39 Å². The Morgan fingerprint density at radius 2 is 1.59 bits per heavy atom. The Morgan fingerprint density at radius 3 is 2.34 bits per heavy atom. The molecule has 0 saturated heterocycles. The minimum atomic E-state index is -0.539. The van der Waals surface area contributed by atoms with Gasteiger partial charge in [-0.15, -0.1) is 0 Å². The second-order valence-electron chi connectivity index (χ2n) is 10.3. The van der Waals surface area contributed by atoms with Crippen LogP contribution in [0.25, 0.3) is 33.2 Å². The molecule has 0 radical (unpaired) electrons. The van der Waals surface area contributed by atoms with Gasteiger partial charge in [0.15, 0.2) is 11.5 Å². The Labute approximate surface area is 237 Å². The maximum atomic E-state index is 15.1.